The number of ether oxygens (including phenoxy) is 2. The van der Waals surface area contributed by atoms with Crippen molar-refractivity contribution in [3.8, 4) is 11.5 Å². The second-order valence-corrected chi connectivity index (χ2v) is 9.61. The van der Waals surface area contributed by atoms with Crippen LogP contribution >= 0.6 is 39.0 Å². The minimum absolute atomic E-state index is 0.158. The number of benzene rings is 2. The molecule has 0 saturated carbocycles. The predicted molar refractivity (Wildman–Crippen MR) is 132 cm³/mol. The van der Waals surface area contributed by atoms with Gasteiger partial charge >= 0.3 is 0 Å². The zero-order valence-corrected chi connectivity index (χ0v) is 20.7. The SMILES string of the molecule is CCOc1cc(C=NNC(=O)CSc2nnc(N)s2)cc(Br)c1OCc1ccc(C)cc1. The number of aryl methyl sites for hydroxylation is 1. The molecule has 32 heavy (non-hydrogen) atoms. The molecule has 11 heteroatoms. The molecule has 0 radical (unpaired) electrons. The molecule has 0 unspecified atom stereocenters. The van der Waals surface area contributed by atoms with Gasteiger partial charge in [0, 0.05) is 0 Å². The maximum atomic E-state index is 12.0. The molecule has 1 heterocycles. The Labute approximate surface area is 202 Å². The topological polar surface area (TPSA) is 112 Å². The van der Waals surface area contributed by atoms with E-state index in [2.05, 4.69) is 36.7 Å². The van der Waals surface area contributed by atoms with E-state index in [1.807, 2.05) is 50.2 Å². The number of aromatic nitrogens is 2. The molecule has 0 saturated heterocycles. The van der Waals surface area contributed by atoms with Gasteiger partial charge in [0.15, 0.2) is 15.8 Å². The number of halogens is 1. The average Bonchev–Trinajstić information content (AvgIpc) is 3.18. The Morgan fingerprint density at radius 3 is 2.75 bits per heavy atom. The van der Waals surface area contributed by atoms with Gasteiger partial charge in [-0.05, 0) is 53.0 Å². The summed E-state index contributed by atoms with van der Waals surface area (Å²) in [5.74, 6) is 1.10. The number of hydrazone groups is 1. The Morgan fingerprint density at radius 1 is 1.28 bits per heavy atom. The minimum Gasteiger partial charge on any atom is -0.490 e. The Balaban J connectivity index is 1.61. The smallest absolute Gasteiger partial charge is 0.250 e. The molecule has 3 rings (SSSR count). The van der Waals surface area contributed by atoms with Crippen molar-refractivity contribution < 1.29 is 14.3 Å². The Hall–Kier alpha value is -2.63. The van der Waals surface area contributed by atoms with Crippen LogP contribution < -0.4 is 20.6 Å². The van der Waals surface area contributed by atoms with Gasteiger partial charge in [-0.3, -0.25) is 4.79 Å². The molecule has 8 nitrogen and oxygen atoms in total. The first-order chi connectivity index (χ1) is 15.4. The fourth-order valence-corrected chi connectivity index (χ4v) is 4.53. The molecular formula is C21H22BrN5O3S2. The molecule has 0 aliphatic heterocycles. The summed E-state index contributed by atoms with van der Waals surface area (Å²) in [5, 5.41) is 12.0. The fourth-order valence-electron chi connectivity index (χ4n) is 2.52. The largest absolute Gasteiger partial charge is 0.490 e. The second-order valence-electron chi connectivity index (χ2n) is 6.53. The number of hydrogen-bond acceptors (Lipinski definition) is 9. The molecule has 0 aliphatic rings. The number of anilines is 1. The lowest BCUT2D eigenvalue weighted by Crippen LogP contribution is -2.19. The van der Waals surface area contributed by atoms with Gasteiger partial charge in [-0.1, -0.05) is 52.9 Å². The van der Waals surface area contributed by atoms with Gasteiger partial charge in [-0.25, -0.2) is 5.43 Å². The van der Waals surface area contributed by atoms with Crippen molar-refractivity contribution in [3.63, 3.8) is 0 Å². The number of amides is 1. The van der Waals surface area contributed by atoms with Crippen LogP contribution in [0.1, 0.15) is 23.6 Å². The highest BCUT2D eigenvalue weighted by Gasteiger charge is 2.12. The third-order valence-electron chi connectivity index (χ3n) is 3.99. The van der Waals surface area contributed by atoms with Crippen molar-refractivity contribution in [1.82, 2.24) is 15.6 Å². The van der Waals surface area contributed by atoms with E-state index < -0.39 is 0 Å². The highest BCUT2D eigenvalue weighted by molar-refractivity contribution is 9.10. The number of hydrogen-bond donors (Lipinski definition) is 2. The van der Waals surface area contributed by atoms with Crippen molar-refractivity contribution in [1.29, 1.82) is 0 Å². The van der Waals surface area contributed by atoms with Gasteiger partial charge in [0.05, 0.1) is 23.0 Å². The Morgan fingerprint density at radius 2 is 2.06 bits per heavy atom. The van der Waals surface area contributed by atoms with Gasteiger partial charge in [0.1, 0.15) is 6.61 Å². The van der Waals surface area contributed by atoms with Crippen molar-refractivity contribution in [2.24, 2.45) is 5.10 Å². The van der Waals surface area contributed by atoms with E-state index in [1.165, 1.54) is 28.7 Å². The van der Waals surface area contributed by atoms with Gasteiger partial charge < -0.3 is 15.2 Å². The molecule has 2 aromatic carbocycles. The molecule has 0 atom stereocenters. The van der Waals surface area contributed by atoms with Crippen LogP contribution in [0.5, 0.6) is 11.5 Å². The Kier molecular flexibility index (Phi) is 8.89. The van der Waals surface area contributed by atoms with Gasteiger partial charge in [-0.15, -0.1) is 10.2 Å². The van der Waals surface area contributed by atoms with Crippen LogP contribution in [0.4, 0.5) is 5.13 Å². The third kappa shape index (κ3) is 7.21. The van der Waals surface area contributed by atoms with E-state index in [9.17, 15) is 4.79 Å². The van der Waals surface area contributed by atoms with E-state index in [1.54, 1.807) is 6.21 Å². The van der Waals surface area contributed by atoms with Gasteiger partial charge in [0.2, 0.25) is 5.13 Å². The number of thioether (sulfide) groups is 1. The first-order valence-corrected chi connectivity index (χ1v) is 12.2. The number of nitrogen functional groups attached to an aromatic ring is 1. The third-order valence-corrected chi connectivity index (χ3v) is 6.46. The van der Waals surface area contributed by atoms with Gasteiger partial charge in [-0.2, -0.15) is 5.10 Å². The number of rotatable bonds is 10. The quantitative estimate of drug-likeness (QED) is 0.224. The average molecular weight is 536 g/mol. The molecule has 1 amide bonds. The summed E-state index contributed by atoms with van der Waals surface area (Å²) < 4.78 is 13.1. The molecular weight excluding hydrogens is 514 g/mol. The molecule has 0 bridgehead atoms. The maximum Gasteiger partial charge on any atom is 0.250 e. The number of nitrogens with two attached hydrogens (primary N) is 1. The van der Waals surface area contributed by atoms with E-state index in [0.717, 1.165) is 15.6 Å². The number of carbonyl (C=O) groups excluding carboxylic acids is 1. The summed E-state index contributed by atoms with van der Waals surface area (Å²) in [7, 11) is 0. The lowest BCUT2D eigenvalue weighted by molar-refractivity contribution is -0.118. The monoisotopic (exact) mass is 535 g/mol. The summed E-state index contributed by atoms with van der Waals surface area (Å²) in [4.78, 5) is 12.0. The normalized spacial score (nSPS) is 11.0. The molecule has 168 valence electrons. The zero-order chi connectivity index (χ0) is 22.9. The van der Waals surface area contributed by atoms with Crippen molar-refractivity contribution in [2.45, 2.75) is 24.8 Å². The summed E-state index contributed by atoms with van der Waals surface area (Å²) in [6.07, 6.45) is 1.54. The first-order valence-electron chi connectivity index (χ1n) is 9.63. The van der Waals surface area contributed by atoms with E-state index in [-0.39, 0.29) is 11.7 Å². The summed E-state index contributed by atoms with van der Waals surface area (Å²) >= 11 is 6.03. The van der Waals surface area contributed by atoms with Crippen molar-refractivity contribution in [2.75, 3.05) is 18.1 Å². The lowest BCUT2D eigenvalue weighted by atomic mass is 10.2. The molecule has 3 N–H and O–H groups in total. The fraction of sp³-hybridized carbons (Fsp3) is 0.238. The minimum atomic E-state index is -0.262. The number of nitrogens with zero attached hydrogens (tertiary/aromatic N) is 3. The molecule has 0 fully saturated rings. The lowest BCUT2D eigenvalue weighted by Gasteiger charge is -2.15. The van der Waals surface area contributed by atoms with Crippen LogP contribution in [0, 0.1) is 6.92 Å². The van der Waals surface area contributed by atoms with E-state index >= 15 is 0 Å². The van der Waals surface area contributed by atoms with E-state index in [0.29, 0.717) is 34.2 Å². The van der Waals surface area contributed by atoms with Crippen LogP contribution in [0.3, 0.4) is 0 Å². The first kappa shape index (κ1) is 24.0. The van der Waals surface area contributed by atoms with Crippen LogP contribution in [0.25, 0.3) is 0 Å². The maximum absolute atomic E-state index is 12.0. The highest BCUT2D eigenvalue weighted by atomic mass is 79.9. The van der Waals surface area contributed by atoms with Crippen LogP contribution in [0.2, 0.25) is 0 Å². The number of carbonyl (C=O) groups is 1. The van der Waals surface area contributed by atoms with Crippen molar-refractivity contribution in [3.05, 3.63) is 57.6 Å². The van der Waals surface area contributed by atoms with Crippen LogP contribution in [-0.4, -0.2) is 34.7 Å². The zero-order valence-electron chi connectivity index (χ0n) is 17.5. The number of nitrogens with one attached hydrogen (secondary N) is 1. The van der Waals surface area contributed by atoms with Gasteiger partial charge in [0.25, 0.3) is 5.91 Å². The highest BCUT2D eigenvalue weighted by Crippen LogP contribution is 2.37. The standard InChI is InChI=1S/C21H22BrN5O3S2/c1-3-29-17-9-15(10-24-25-18(28)12-31-21-27-26-20(23)32-21)8-16(22)19(17)30-11-14-6-4-13(2)5-7-14/h4-10H,3,11-12H2,1-2H3,(H2,23,26)(H,25,28). The predicted octanol–water partition coefficient (Wildman–Crippen LogP) is 4.41. The molecule has 0 spiro atoms. The van der Waals surface area contributed by atoms with Crippen LogP contribution in [0.15, 0.2) is 50.3 Å². The molecule has 0 aliphatic carbocycles. The Bertz CT molecular complexity index is 1090. The summed E-state index contributed by atoms with van der Waals surface area (Å²) in [6, 6.07) is 11.8. The van der Waals surface area contributed by atoms with E-state index in [4.69, 9.17) is 15.2 Å². The van der Waals surface area contributed by atoms with Crippen molar-refractivity contribution >= 4 is 56.3 Å². The molecule has 3 aromatic rings. The summed E-state index contributed by atoms with van der Waals surface area (Å²) in [5.41, 5.74) is 11.0. The summed E-state index contributed by atoms with van der Waals surface area (Å²) in [6.45, 7) is 4.85. The van der Waals surface area contributed by atoms with Crippen LogP contribution in [-0.2, 0) is 11.4 Å². The second kappa shape index (κ2) is 11.8. The molecule has 1 aromatic heterocycles.